The third kappa shape index (κ3) is 9.05. The van der Waals surface area contributed by atoms with Crippen LogP contribution in [0, 0.1) is 11.7 Å². The summed E-state index contributed by atoms with van der Waals surface area (Å²) in [6, 6.07) is 6.17. The molecule has 1 aliphatic rings. The van der Waals surface area contributed by atoms with Crippen LogP contribution in [0.3, 0.4) is 0 Å². The second-order valence-electron chi connectivity index (χ2n) is 7.62. The number of aliphatic imine (C=N–C) groups is 1. The molecule has 194 valence electrons. The van der Waals surface area contributed by atoms with E-state index in [9.17, 15) is 14.3 Å². The molecule has 1 aromatic heterocycles. The number of carbonyl (C=O) groups excluding carboxylic acids is 1. The number of rotatable bonds is 9. The van der Waals surface area contributed by atoms with Crippen molar-refractivity contribution in [2.45, 2.75) is 47.0 Å². The maximum absolute atomic E-state index is 13.6. The van der Waals surface area contributed by atoms with Gasteiger partial charge in [0.05, 0.1) is 30.2 Å². The van der Waals surface area contributed by atoms with E-state index in [-0.39, 0.29) is 30.7 Å². The molecule has 2 aromatic rings. The van der Waals surface area contributed by atoms with Crippen LogP contribution >= 0.6 is 0 Å². The van der Waals surface area contributed by atoms with Crippen LogP contribution in [0.2, 0.25) is 0 Å². The Balaban J connectivity index is 0.000000670. The summed E-state index contributed by atoms with van der Waals surface area (Å²) in [6.07, 6.45) is 5.26. The normalized spacial score (nSPS) is 15.1. The third-order valence-corrected chi connectivity index (χ3v) is 5.24. The van der Waals surface area contributed by atoms with E-state index in [1.54, 1.807) is 25.4 Å². The average molecular weight is 490 g/mol. The second-order valence-corrected chi connectivity index (χ2v) is 7.62. The number of halogens is 1. The second kappa shape index (κ2) is 16.8. The topological polar surface area (TPSA) is 107 Å². The summed E-state index contributed by atoms with van der Waals surface area (Å²) in [5, 5.41) is 20.8. The lowest BCUT2D eigenvalue weighted by Crippen LogP contribution is -2.22. The lowest BCUT2D eigenvalue weighted by Gasteiger charge is -2.20. The predicted molar refractivity (Wildman–Crippen MR) is 141 cm³/mol. The summed E-state index contributed by atoms with van der Waals surface area (Å²) in [5.41, 5.74) is 4.45. The van der Waals surface area contributed by atoms with Gasteiger partial charge in [-0.25, -0.2) is 4.39 Å². The standard InChI is InChI=1S/C21H24FN3O2.C4H10O2.C2H6/c1-3-14(7-8-23-2)20-21(24-16-6-4-5-15(22)11-16)19-17(25-20)9-13(12-26)10-18(19)27;1-2-6-4-3-5;1-2/h4-8,11,13,24-26H,3,9-10,12H2,1-2H3;5H,2-4H2,1H3;1-2H3/b14-7+,23-8?;;. The van der Waals surface area contributed by atoms with Gasteiger partial charge in [0.1, 0.15) is 5.82 Å². The lowest BCUT2D eigenvalue weighted by atomic mass is 9.86. The fourth-order valence-corrected chi connectivity index (χ4v) is 3.69. The van der Waals surface area contributed by atoms with Gasteiger partial charge in [-0.05, 0) is 55.5 Å². The molecule has 3 rings (SSSR count). The number of hydrogen-bond acceptors (Lipinski definition) is 6. The Bertz CT molecular complexity index is 965. The number of aliphatic hydroxyl groups is 2. The number of nitrogens with one attached hydrogen (secondary N) is 2. The van der Waals surface area contributed by atoms with Gasteiger partial charge in [0.2, 0.25) is 0 Å². The first-order chi connectivity index (χ1) is 17.0. The van der Waals surface area contributed by atoms with Crippen LogP contribution in [0.5, 0.6) is 0 Å². The fourth-order valence-electron chi connectivity index (χ4n) is 3.69. The number of hydrogen-bond donors (Lipinski definition) is 4. The number of aromatic amines is 1. The van der Waals surface area contributed by atoms with Crippen LogP contribution < -0.4 is 5.32 Å². The van der Waals surface area contributed by atoms with E-state index < -0.39 is 0 Å². The molecule has 0 radical (unpaired) electrons. The van der Waals surface area contributed by atoms with Gasteiger partial charge in [-0.1, -0.05) is 26.8 Å². The molecule has 0 fully saturated rings. The summed E-state index contributed by atoms with van der Waals surface area (Å²) in [4.78, 5) is 20.2. The van der Waals surface area contributed by atoms with E-state index in [0.717, 1.165) is 23.4 Å². The van der Waals surface area contributed by atoms with Crippen molar-refractivity contribution >= 4 is 28.9 Å². The highest BCUT2D eigenvalue weighted by Crippen LogP contribution is 2.38. The molecule has 1 aromatic carbocycles. The number of H-pyrrole nitrogens is 1. The van der Waals surface area contributed by atoms with Gasteiger partial charge >= 0.3 is 0 Å². The largest absolute Gasteiger partial charge is 0.396 e. The Labute approximate surface area is 208 Å². The van der Waals surface area contributed by atoms with Gasteiger partial charge in [0, 0.05) is 44.3 Å². The fraction of sp³-hybridized carbons (Fsp3) is 0.481. The van der Waals surface area contributed by atoms with Crippen LogP contribution in [-0.2, 0) is 11.2 Å². The average Bonchev–Trinajstić information content (AvgIpc) is 3.23. The molecule has 0 saturated heterocycles. The molecule has 1 aliphatic carbocycles. The predicted octanol–water partition coefficient (Wildman–Crippen LogP) is 5.17. The zero-order chi connectivity index (χ0) is 26.2. The Hall–Kier alpha value is -2.81. The molecule has 8 heteroatoms. The third-order valence-electron chi connectivity index (χ3n) is 5.24. The Morgan fingerprint density at radius 3 is 2.57 bits per heavy atom. The minimum atomic E-state index is -0.345. The smallest absolute Gasteiger partial charge is 0.167 e. The number of aromatic nitrogens is 1. The summed E-state index contributed by atoms with van der Waals surface area (Å²) < 4.78 is 18.4. The van der Waals surface area contributed by atoms with Crippen LogP contribution in [0.25, 0.3) is 5.57 Å². The molecule has 7 nitrogen and oxygen atoms in total. The lowest BCUT2D eigenvalue weighted by molar-refractivity contribution is 0.0919. The molecule has 1 heterocycles. The van der Waals surface area contributed by atoms with Gasteiger partial charge in [-0.3, -0.25) is 9.79 Å². The van der Waals surface area contributed by atoms with Crippen molar-refractivity contribution in [2.75, 3.05) is 38.8 Å². The quantitative estimate of drug-likeness (QED) is 0.287. The molecule has 35 heavy (non-hydrogen) atoms. The number of Topliss-reactive ketones (excluding diaryl/α,β-unsaturated/α-hetero) is 1. The highest BCUT2D eigenvalue weighted by atomic mass is 19.1. The first-order valence-electron chi connectivity index (χ1n) is 12.2. The monoisotopic (exact) mass is 489 g/mol. The molecular weight excluding hydrogens is 449 g/mol. The van der Waals surface area contributed by atoms with Crippen LogP contribution in [0.4, 0.5) is 15.8 Å². The summed E-state index contributed by atoms with van der Waals surface area (Å²) >= 11 is 0. The van der Waals surface area contributed by atoms with Crippen LogP contribution in [0.15, 0.2) is 35.3 Å². The number of fused-ring (bicyclic) bond motifs is 1. The molecule has 1 unspecified atom stereocenters. The minimum Gasteiger partial charge on any atom is -0.396 e. The van der Waals surface area contributed by atoms with E-state index in [0.29, 0.717) is 43.0 Å². The Morgan fingerprint density at radius 2 is 2.03 bits per heavy atom. The van der Waals surface area contributed by atoms with Gasteiger partial charge in [-0.2, -0.15) is 0 Å². The maximum Gasteiger partial charge on any atom is 0.167 e. The zero-order valence-corrected chi connectivity index (χ0v) is 21.5. The van der Waals surface area contributed by atoms with Gasteiger partial charge < -0.3 is 25.3 Å². The summed E-state index contributed by atoms with van der Waals surface area (Å²) in [7, 11) is 1.70. The Morgan fingerprint density at radius 1 is 1.29 bits per heavy atom. The number of allylic oxidation sites excluding steroid dienone is 2. The van der Waals surface area contributed by atoms with E-state index in [1.165, 1.54) is 12.1 Å². The van der Waals surface area contributed by atoms with Gasteiger partial charge in [0.25, 0.3) is 0 Å². The molecule has 0 aliphatic heterocycles. The van der Waals surface area contributed by atoms with Crippen molar-refractivity contribution < 1.29 is 24.1 Å². The van der Waals surface area contributed by atoms with E-state index in [4.69, 9.17) is 9.84 Å². The molecule has 0 spiro atoms. The van der Waals surface area contributed by atoms with Crippen LogP contribution in [0.1, 0.15) is 62.3 Å². The number of benzene rings is 1. The van der Waals surface area contributed by atoms with Crippen molar-refractivity contribution in [3.63, 3.8) is 0 Å². The molecule has 1 atom stereocenters. The molecule has 0 amide bonds. The van der Waals surface area contributed by atoms with Crippen molar-refractivity contribution in [1.82, 2.24) is 4.98 Å². The number of ketones is 1. The van der Waals surface area contributed by atoms with Crippen molar-refractivity contribution in [3.8, 4) is 0 Å². The van der Waals surface area contributed by atoms with Crippen molar-refractivity contribution in [1.29, 1.82) is 0 Å². The SMILES string of the molecule is CC.CC/C(=C\C=NC)c1[nH]c2c(c1Nc1cccc(F)c1)C(=O)CC(CO)C2.CCOCCO. The van der Waals surface area contributed by atoms with Crippen molar-refractivity contribution in [3.05, 3.63) is 53.1 Å². The number of carbonyl (C=O) groups is 1. The van der Waals surface area contributed by atoms with E-state index >= 15 is 0 Å². The molecule has 4 N–H and O–H groups in total. The molecule has 0 saturated carbocycles. The van der Waals surface area contributed by atoms with E-state index in [1.807, 2.05) is 33.8 Å². The summed E-state index contributed by atoms with van der Waals surface area (Å²) in [5.74, 6) is -0.442. The number of nitrogens with zero attached hydrogens (tertiary/aromatic N) is 1. The maximum atomic E-state index is 13.6. The highest BCUT2D eigenvalue weighted by molar-refractivity contribution is 6.07. The summed E-state index contributed by atoms with van der Waals surface area (Å²) in [6.45, 7) is 9.20. The molecule has 0 bridgehead atoms. The minimum absolute atomic E-state index is 0.0173. The number of anilines is 2. The number of ether oxygens (including phenoxy) is 1. The first-order valence-corrected chi connectivity index (χ1v) is 12.2. The van der Waals surface area contributed by atoms with Gasteiger partial charge in [-0.15, -0.1) is 0 Å². The van der Waals surface area contributed by atoms with E-state index in [2.05, 4.69) is 15.3 Å². The zero-order valence-electron chi connectivity index (χ0n) is 21.5. The van der Waals surface area contributed by atoms with Crippen LogP contribution in [-0.4, -0.2) is 60.7 Å². The highest BCUT2D eigenvalue weighted by Gasteiger charge is 2.31. The number of aliphatic hydroxyl groups excluding tert-OH is 2. The van der Waals surface area contributed by atoms with Crippen molar-refractivity contribution in [2.24, 2.45) is 10.9 Å². The Kier molecular flexibility index (Phi) is 14.5. The first kappa shape index (κ1) is 30.2. The van der Waals surface area contributed by atoms with Gasteiger partial charge in [0.15, 0.2) is 5.78 Å². The molecular formula is C27H40FN3O4.